The van der Waals surface area contributed by atoms with Crippen molar-refractivity contribution in [1.82, 2.24) is 4.90 Å². The first-order valence-corrected chi connectivity index (χ1v) is 14.1. The van der Waals surface area contributed by atoms with Crippen molar-refractivity contribution in [3.63, 3.8) is 0 Å². The van der Waals surface area contributed by atoms with E-state index in [0.717, 1.165) is 31.5 Å². The molecule has 0 aromatic heterocycles. The lowest BCUT2D eigenvalue weighted by atomic mass is 9.92. The monoisotopic (exact) mass is 521 g/mol. The summed E-state index contributed by atoms with van der Waals surface area (Å²) in [7, 11) is 1.50. The van der Waals surface area contributed by atoms with Crippen LogP contribution in [0, 0.1) is 5.92 Å². The lowest BCUT2D eigenvalue weighted by Gasteiger charge is -2.38. The van der Waals surface area contributed by atoms with Crippen LogP contribution in [0.2, 0.25) is 0 Å². The molecule has 0 unspecified atom stereocenters. The van der Waals surface area contributed by atoms with Crippen molar-refractivity contribution in [2.45, 2.75) is 76.2 Å². The van der Waals surface area contributed by atoms with Crippen molar-refractivity contribution in [3.05, 3.63) is 72.3 Å². The van der Waals surface area contributed by atoms with Gasteiger partial charge in [0.2, 0.25) is 0 Å². The number of hydrogen-bond acceptors (Lipinski definition) is 6. The first-order chi connectivity index (χ1) is 18.7. The van der Waals surface area contributed by atoms with Gasteiger partial charge in [0.1, 0.15) is 0 Å². The van der Waals surface area contributed by atoms with Crippen molar-refractivity contribution < 1.29 is 24.1 Å². The maximum Gasteiger partial charge on any atom is 0.308 e. The largest absolute Gasteiger partial charge is 0.438 e. The average molecular weight is 522 g/mol. The van der Waals surface area contributed by atoms with Gasteiger partial charge in [-0.2, -0.15) is 0 Å². The van der Waals surface area contributed by atoms with E-state index in [0.29, 0.717) is 25.9 Å². The number of rotatable bonds is 13. The number of ether oxygens (including phenoxy) is 3. The summed E-state index contributed by atoms with van der Waals surface area (Å²) in [4.78, 5) is 14.1. The number of benzene rings is 2. The van der Waals surface area contributed by atoms with Crippen LogP contribution in [0.4, 0.5) is 0 Å². The van der Waals surface area contributed by atoms with Crippen LogP contribution in [0.5, 0.6) is 0 Å². The van der Waals surface area contributed by atoms with Crippen LogP contribution in [-0.2, 0) is 25.6 Å². The molecule has 2 fully saturated rings. The second-order valence-electron chi connectivity index (χ2n) is 10.5. The first kappa shape index (κ1) is 28.5. The molecule has 38 heavy (non-hydrogen) atoms. The molecule has 1 heterocycles. The molecule has 1 saturated heterocycles. The Bertz CT molecular complexity index is 987. The van der Waals surface area contributed by atoms with Crippen LogP contribution >= 0.6 is 0 Å². The quantitative estimate of drug-likeness (QED) is 0.206. The number of aliphatic hydroxyl groups is 1. The lowest BCUT2D eigenvalue weighted by Crippen LogP contribution is -2.47. The number of likely N-dealkylation sites (tertiary alicyclic amines) is 1. The highest BCUT2D eigenvalue weighted by Crippen LogP contribution is 2.38. The van der Waals surface area contributed by atoms with Gasteiger partial charge in [0.15, 0.2) is 6.79 Å². The zero-order valence-corrected chi connectivity index (χ0v) is 22.7. The normalized spacial score (nSPS) is 24.2. The predicted molar refractivity (Wildman–Crippen MR) is 149 cm³/mol. The maximum absolute atomic E-state index is 11.6. The molecule has 0 amide bonds. The molecule has 1 saturated carbocycles. The van der Waals surface area contributed by atoms with E-state index < -0.39 is 0 Å². The average Bonchev–Trinajstić information content (AvgIpc) is 3.28. The fourth-order valence-corrected chi connectivity index (χ4v) is 5.89. The molecular weight excluding hydrogens is 478 g/mol. The topological polar surface area (TPSA) is 68.2 Å². The van der Waals surface area contributed by atoms with Gasteiger partial charge in [-0.05, 0) is 61.9 Å². The standard InChI is InChI=1S/C32H43NO5/c1-36-24-38-31(35)15-9-3-2-8-14-28-30(22-29(34)32(28)33-20-10-5-11-21-33)37-23-25-16-18-27(19-17-25)26-12-6-4-7-13-26/h2-4,6-7,12-13,16-19,28-30,32,34H,5,8-11,14-15,20-24H2,1H3/t28-,29+,30-,32+/m0/s1. The molecular formula is C32H43NO5. The van der Waals surface area contributed by atoms with Crippen LogP contribution in [0.25, 0.3) is 11.1 Å². The van der Waals surface area contributed by atoms with Gasteiger partial charge in [-0.3, -0.25) is 9.69 Å². The number of methoxy groups -OCH3 is 1. The third-order valence-electron chi connectivity index (χ3n) is 7.81. The summed E-state index contributed by atoms with van der Waals surface area (Å²) >= 11 is 0. The molecule has 1 aliphatic carbocycles. The summed E-state index contributed by atoms with van der Waals surface area (Å²) in [5.41, 5.74) is 3.57. The van der Waals surface area contributed by atoms with E-state index in [-0.39, 0.29) is 36.9 Å². The molecule has 0 radical (unpaired) electrons. The van der Waals surface area contributed by atoms with Crippen molar-refractivity contribution in [2.24, 2.45) is 5.92 Å². The first-order valence-electron chi connectivity index (χ1n) is 14.1. The molecule has 1 aliphatic heterocycles. The van der Waals surface area contributed by atoms with E-state index in [1.807, 2.05) is 6.07 Å². The Balaban J connectivity index is 1.33. The minimum Gasteiger partial charge on any atom is -0.438 e. The molecule has 6 heteroatoms. The highest BCUT2D eigenvalue weighted by Gasteiger charge is 2.45. The number of allylic oxidation sites excluding steroid dienone is 2. The Hall–Kier alpha value is -2.51. The molecule has 206 valence electrons. The Labute approximate surface area is 227 Å². The minimum absolute atomic E-state index is 0.00298. The minimum atomic E-state index is -0.358. The number of nitrogens with zero attached hydrogens (tertiary/aromatic N) is 1. The van der Waals surface area contributed by atoms with Gasteiger partial charge < -0.3 is 19.3 Å². The van der Waals surface area contributed by atoms with E-state index in [4.69, 9.17) is 14.2 Å². The highest BCUT2D eigenvalue weighted by atomic mass is 16.7. The molecule has 4 rings (SSSR count). The van der Waals surface area contributed by atoms with Gasteiger partial charge >= 0.3 is 5.97 Å². The van der Waals surface area contributed by atoms with Crippen molar-refractivity contribution in [2.75, 3.05) is 27.0 Å². The number of carbonyl (C=O) groups excluding carboxylic acids is 1. The zero-order valence-electron chi connectivity index (χ0n) is 22.7. The maximum atomic E-state index is 11.6. The smallest absolute Gasteiger partial charge is 0.308 e. The van der Waals surface area contributed by atoms with Crippen LogP contribution in [-0.4, -0.2) is 61.2 Å². The molecule has 0 spiro atoms. The second kappa shape index (κ2) is 15.2. The molecule has 6 nitrogen and oxygen atoms in total. The number of hydrogen-bond donors (Lipinski definition) is 1. The summed E-state index contributed by atoms with van der Waals surface area (Å²) in [6, 6.07) is 19.1. The molecule has 2 aromatic rings. The summed E-state index contributed by atoms with van der Waals surface area (Å²) in [5.74, 6) is 0.0360. The highest BCUT2D eigenvalue weighted by molar-refractivity contribution is 5.69. The SMILES string of the molecule is COCOC(=O)CCC=CCC[C@@H]1[C@@H](N2CCCCC2)[C@H](O)C[C@@H]1OCc1ccc(-c2ccccc2)cc1. The fraction of sp³-hybridized carbons (Fsp3) is 0.531. The van der Waals surface area contributed by atoms with Gasteiger partial charge in [-0.1, -0.05) is 73.2 Å². The number of aliphatic hydroxyl groups excluding tert-OH is 1. The van der Waals surface area contributed by atoms with E-state index in [2.05, 4.69) is 65.6 Å². The molecule has 0 bridgehead atoms. The van der Waals surface area contributed by atoms with E-state index in [1.54, 1.807) is 0 Å². The molecule has 1 N–H and O–H groups in total. The Morgan fingerprint density at radius 2 is 1.68 bits per heavy atom. The van der Waals surface area contributed by atoms with Gasteiger partial charge in [0, 0.05) is 31.9 Å². The summed E-state index contributed by atoms with van der Waals surface area (Å²) in [6.45, 7) is 2.68. The van der Waals surface area contributed by atoms with Crippen molar-refractivity contribution >= 4 is 5.97 Å². The molecule has 4 atom stereocenters. The summed E-state index contributed by atoms with van der Waals surface area (Å²) in [5, 5.41) is 11.1. The third-order valence-corrected chi connectivity index (χ3v) is 7.81. The van der Waals surface area contributed by atoms with E-state index in [1.165, 1.54) is 37.5 Å². The molecule has 2 aromatic carbocycles. The zero-order chi connectivity index (χ0) is 26.6. The van der Waals surface area contributed by atoms with Crippen LogP contribution < -0.4 is 0 Å². The lowest BCUT2D eigenvalue weighted by molar-refractivity contribution is -0.153. The number of carbonyl (C=O) groups is 1. The van der Waals surface area contributed by atoms with Gasteiger partial charge in [0.25, 0.3) is 0 Å². The van der Waals surface area contributed by atoms with Crippen LogP contribution in [0.3, 0.4) is 0 Å². The van der Waals surface area contributed by atoms with Gasteiger partial charge in [0.05, 0.1) is 18.8 Å². The summed E-state index contributed by atoms with van der Waals surface area (Å²) in [6.07, 6.45) is 11.1. The van der Waals surface area contributed by atoms with Crippen molar-refractivity contribution in [3.8, 4) is 11.1 Å². The van der Waals surface area contributed by atoms with Gasteiger partial charge in [-0.15, -0.1) is 0 Å². The van der Waals surface area contributed by atoms with Crippen molar-refractivity contribution in [1.29, 1.82) is 0 Å². The predicted octanol–water partition coefficient (Wildman–Crippen LogP) is 5.74. The van der Waals surface area contributed by atoms with Crippen LogP contribution in [0.1, 0.15) is 56.9 Å². The van der Waals surface area contributed by atoms with Crippen LogP contribution in [0.15, 0.2) is 66.7 Å². The Kier molecular flexibility index (Phi) is 11.4. The Morgan fingerprint density at radius 1 is 0.974 bits per heavy atom. The second-order valence-corrected chi connectivity index (χ2v) is 10.5. The third kappa shape index (κ3) is 8.24. The van der Waals surface area contributed by atoms with Gasteiger partial charge in [-0.25, -0.2) is 0 Å². The summed E-state index contributed by atoms with van der Waals surface area (Å²) < 4.78 is 16.2. The number of piperidine rings is 1. The molecule has 2 aliphatic rings. The number of esters is 1. The van der Waals surface area contributed by atoms with E-state index >= 15 is 0 Å². The Morgan fingerprint density at radius 3 is 2.42 bits per heavy atom. The van der Waals surface area contributed by atoms with E-state index in [9.17, 15) is 9.90 Å². The fourth-order valence-electron chi connectivity index (χ4n) is 5.89.